The fourth-order valence-corrected chi connectivity index (χ4v) is 4.73. The van der Waals surface area contributed by atoms with E-state index in [4.69, 9.17) is 28.2 Å². The number of allylic oxidation sites excluding steroid dienone is 3. The van der Waals surface area contributed by atoms with Crippen LogP contribution in [0, 0.1) is 0 Å². The summed E-state index contributed by atoms with van der Waals surface area (Å²) in [6.45, 7) is 0. The van der Waals surface area contributed by atoms with E-state index in [1.165, 1.54) is 30.3 Å². The number of methoxy groups -OCH3 is 1. The molecule has 218 valence electrons. The predicted octanol–water partition coefficient (Wildman–Crippen LogP) is 5.25. The molecular weight excluding hydrogens is 595 g/mol. The summed E-state index contributed by atoms with van der Waals surface area (Å²) in [5.74, 6) is 0.0129. The Kier molecular flexibility index (Phi) is 9.08. The quantitative estimate of drug-likeness (QED) is 0.214. The second kappa shape index (κ2) is 13.3. The minimum atomic E-state index is -0.619. The van der Waals surface area contributed by atoms with E-state index < -0.39 is 18.0 Å². The van der Waals surface area contributed by atoms with Gasteiger partial charge in [-0.2, -0.15) is 4.68 Å². The molecule has 2 amide bonds. The second-order valence-corrected chi connectivity index (χ2v) is 10.1. The lowest BCUT2D eigenvalue weighted by atomic mass is 9.99. The highest BCUT2D eigenvalue weighted by Gasteiger charge is 2.22. The Balaban J connectivity index is 1.39. The highest BCUT2D eigenvalue weighted by molar-refractivity contribution is 6.32. The number of H-pyrrole nitrogens is 1. The maximum atomic E-state index is 13.2. The number of tetrazole rings is 1. The number of aromatic amines is 1. The molecule has 0 fully saturated rings. The first-order chi connectivity index (χ1) is 20.8. The van der Waals surface area contributed by atoms with Crippen LogP contribution < -0.4 is 10.6 Å². The number of ether oxygens (including phenoxy) is 1. The van der Waals surface area contributed by atoms with Gasteiger partial charge in [-0.05, 0) is 64.9 Å². The van der Waals surface area contributed by atoms with E-state index >= 15 is 0 Å². The lowest BCUT2D eigenvalue weighted by molar-refractivity contribution is -0.117. The number of anilines is 1. The first kappa shape index (κ1) is 29.4. The molecule has 0 bridgehead atoms. The summed E-state index contributed by atoms with van der Waals surface area (Å²) in [6, 6.07) is 11.4. The third-order valence-corrected chi connectivity index (χ3v) is 6.91. The van der Waals surface area contributed by atoms with Gasteiger partial charge in [-0.1, -0.05) is 47.5 Å². The lowest BCUT2D eigenvalue weighted by Gasteiger charge is -2.17. The van der Waals surface area contributed by atoms with Crippen LogP contribution in [0.25, 0.3) is 23.0 Å². The highest BCUT2D eigenvalue weighted by Crippen LogP contribution is 2.31. The number of carbonyl (C=O) groups excluding carboxylic acids is 3. The van der Waals surface area contributed by atoms with Gasteiger partial charge in [-0.25, -0.2) is 9.78 Å². The molecule has 1 aliphatic carbocycles. The van der Waals surface area contributed by atoms with Gasteiger partial charge in [-0.15, -0.1) is 5.10 Å². The normalized spacial score (nSPS) is 13.6. The molecule has 1 aliphatic rings. The number of hydrogen-bond acceptors (Lipinski definition) is 8. The van der Waals surface area contributed by atoms with E-state index in [-0.39, 0.29) is 17.4 Å². The topological polar surface area (TPSA) is 157 Å². The molecule has 2 aromatic carbocycles. The van der Waals surface area contributed by atoms with Crippen molar-refractivity contribution in [1.82, 2.24) is 35.5 Å². The molecule has 12 nitrogen and oxygen atoms in total. The minimum Gasteiger partial charge on any atom is -0.453 e. The zero-order valence-electron chi connectivity index (χ0n) is 22.6. The van der Waals surface area contributed by atoms with E-state index in [1.54, 1.807) is 54.6 Å². The van der Waals surface area contributed by atoms with Crippen molar-refractivity contribution in [2.24, 2.45) is 0 Å². The van der Waals surface area contributed by atoms with Crippen LogP contribution in [-0.2, 0) is 14.3 Å². The van der Waals surface area contributed by atoms with E-state index in [2.05, 4.69) is 35.9 Å². The molecule has 0 spiro atoms. The Morgan fingerprint density at radius 1 is 1.16 bits per heavy atom. The number of imidazole rings is 1. The second-order valence-electron chi connectivity index (χ2n) is 9.32. The molecule has 0 saturated heterocycles. The van der Waals surface area contributed by atoms with E-state index in [1.807, 2.05) is 6.08 Å². The van der Waals surface area contributed by atoms with Gasteiger partial charge in [-0.3, -0.25) is 14.9 Å². The maximum Gasteiger partial charge on any atom is 0.411 e. The van der Waals surface area contributed by atoms with E-state index in [0.717, 1.165) is 5.57 Å². The van der Waals surface area contributed by atoms with Gasteiger partial charge < -0.3 is 15.0 Å². The molecule has 0 unspecified atom stereocenters. The molecule has 0 aliphatic heterocycles. The third kappa shape index (κ3) is 7.42. The van der Waals surface area contributed by atoms with Crippen LogP contribution in [0.5, 0.6) is 0 Å². The lowest BCUT2D eigenvalue weighted by Crippen LogP contribution is -2.28. The van der Waals surface area contributed by atoms with Crippen molar-refractivity contribution in [2.75, 3.05) is 12.4 Å². The number of ketones is 1. The van der Waals surface area contributed by atoms with Crippen LogP contribution >= 0.6 is 23.2 Å². The van der Waals surface area contributed by atoms with Gasteiger partial charge >= 0.3 is 6.09 Å². The average molecular weight is 619 g/mol. The predicted molar refractivity (Wildman–Crippen MR) is 161 cm³/mol. The Morgan fingerprint density at radius 2 is 1.98 bits per heavy atom. The zero-order chi connectivity index (χ0) is 30.3. The average Bonchev–Trinajstić information content (AvgIpc) is 3.68. The highest BCUT2D eigenvalue weighted by atomic mass is 35.5. The Hall–Kier alpha value is -5.07. The van der Waals surface area contributed by atoms with Gasteiger partial charge in [0.15, 0.2) is 5.78 Å². The van der Waals surface area contributed by atoms with Crippen LogP contribution in [0.15, 0.2) is 78.7 Å². The molecule has 4 aromatic rings. The monoisotopic (exact) mass is 618 g/mol. The van der Waals surface area contributed by atoms with Crippen molar-refractivity contribution in [3.8, 4) is 16.9 Å². The molecule has 2 heterocycles. The minimum absolute atomic E-state index is 0.000595. The molecule has 43 heavy (non-hydrogen) atoms. The molecule has 0 saturated carbocycles. The van der Waals surface area contributed by atoms with E-state index in [9.17, 15) is 14.4 Å². The number of hydrogen-bond donors (Lipinski definition) is 3. The standard InChI is InChI=1S/C29H24Cl2N8O4/c1-43-29(42)33-21-8-4-18(5-9-21)26-27(31)36-28(35-26)23(14-17-2-10-22(40)11-3-17)34-25(41)13-6-19-15-20(30)7-12-24(19)39-16-32-37-38-39/h2-10,12-13,15-16,23H,11,14H2,1H3,(H,33,42)(H,34,41)(H,35,36)/b13-6+/t23-/m0/s1. The van der Waals surface area contributed by atoms with Crippen molar-refractivity contribution in [3.63, 3.8) is 0 Å². The zero-order valence-corrected chi connectivity index (χ0v) is 24.1. The summed E-state index contributed by atoms with van der Waals surface area (Å²) in [5.41, 5.74) is 3.80. The molecule has 14 heteroatoms. The van der Waals surface area contributed by atoms with E-state index in [0.29, 0.717) is 45.5 Å². The fraction of sp³-hybridized carbons (Fsp3) is 0.138. The van der Waals surface area contributed by atoms with Crippen molar-refractivity contribution in [3.05, 3.63) is 100 Å². The van der Waals surface area contributed by atoms with Crippen molar-refractivity contribution in [2.45, 2.75) is 18.9 Å². The molecule has 3 N–H and O–H groups in total. The number of rotatable bonds is 9. The Morgan fingerprint density at radius 3 is 2.67 bits per heavy atom. The van der Waals surface area contributed by atoms with Gasteiger partial charge in [0.25, 0.3) is 0 Å². The summed E-state index contributed by atoms with van der Waals surface area (Å²) in [5, 5.41) is 17.6. The first-order valence-electron chi connectivity index (χ1n) is 12.9. The van der Waals surface area contributed by atoms with Crippen molar-refractivity contribution >= 4 is 52.7 Å². The largest absolute Gasteiger partial charge is 0.453 e. The molecule has 2 aromatic heterocycles. The summed E-state index contributed by atoms with van der Waals surface area (Å²) >= 11 is 12.8. The molecule has 1 atom stereocenters. The smallest absolute Gasteiger partial charge is 0.411 e. The van der Waals surface area contributed by atoms with Gasteiger partial charge in [0.2, 0.25) is 5.91 Å². The number of halogens is 2. The molecular formula is C29H24Cl2N8O4. The maximum absolute atomic E-state index is 13.2. The van der Waals surface area contributed by atoms with Crippen LogP contribution in [0.1, 0.15) is 30.3 Å². The number of nitrogens with zero attached hydrogens (tertiary/aromatic N) is 5. The number of amides is 2. The molecule has 0 radical (unpaired) electrons. The van der Waals surface area contributed by atoms with Crippen LogP contribution in [-0.4, -0.2) is 55.1 Å². The van der Waals surface area contributed by atoms with Crippen LogP contribution in [0.4, 0.5) is 10.5 Å². The first-order valence-corrected chi connectivity index (χ1v) is 13.7. The summed E-state index contributed by atoms with van der Waals surface area (Å²) < 4.78 is 6.08. The van der Waals surface area contributed by atoms with Gasteiger partial charge in [0, 0.05) is 34.3 Å². The fourth-order valence-electron chi connectivity index (χ4n) is 4.30. The molecule has 5 rings (SSSR count). The summed E-state index contributed by atoms with van der Waals surface area (Å²) in [4.78, 5) is 44.2. The Bertz CT molecular complexity index is 1740. The summed E-state index contributed by atoms with van der Waals surface area (Å²) in [6.07, 6.45) is 9.52. The van der Waals surface area contributed by atoms with Gasteiger partial charge in [0.05, 0.1) is 18.8 Å². The number of aromatic nitrogens is 6. The summed E-state index contributed by atoms with van der Waals surface area (Å²) in [7, 11) is 1.28. The van der Waals surface area contributed by atoms with Crippen molar-refractivity contribution in [1.29, 1.82) is 0 Å². The van der Waals surface area contributed by atoms with Crippen molar-refractivity contribution < 1.29 is 19.1 Å². The third-order valence-electron chi connectivity index (χ3n) is 6.40. The SMILES string of the molecule is COC(=O)Nc1ccc(-c2nc([C@H](CC3=CCC(=O)C=C3)NC(=O)/C=C/c3cc(Cl)ccc3-n3cnnn3)[nH]c2Cl)cc1. The van der Waals surface area contributed by atoms with Gasteiger partial charge in [0.1, 0.15) is 23.0 Å². The van der Waals surface area contributed by atoms with Crippen LogP contribution in [0.3, 0.4) is 0 Å². The Labute approximate surface area is 255 Å². The number of benzene rings is 2. The number of nitrogens with one attached hydrogen (secondary N) is 3. The van der Waals surface area contributed by atoms with Crippen LogP contribution in [0.2, 0.25) is 10.2 Å². The number of carbonyl (C=O) groups is 3.